The zero-order chi connectivity index (χ0) is 43.7. The van der Waals surface area contributed by atoms with Gasteiger partial charge in [-0.3, -0.25) is 19.2 Å². The van der Waals surface area contributed by atoms with E-state index < -0.39 is 29.2 Å². The Morgan fingerprint density at radius 2 is 1.80 bits per heavy atom. The van der Waals surface area contributed by atoms with Crippen LogP contribution in [0, 0.1) is 23.7 Å². The van der Waals surface area contributed by atoms with Crippen LogP contribution in [0.4, 0.5) is 17.1 Å². The predicted molar refractivity (Wildman–Crippen MR) is 233 cm³/mol. The van der Waals surface area contributed by atoms with Crippen molar-refractivity contribution in [1.82, 2.24) is 9.88 Å². The van der Waals surface area contributed by atoms with E-state index in [2.05, 4.69) is 34.1 Å². The Morgan fingerprint density at radius 1 is 1.05 bits per heavy atom. The van der Waals surface area contributed by atoms with E-state index in [0.717, 1.165) is 32.1 Å². The molecule has 1 fully saturated rings. The maximum Gasteiger partial charge on any atom is 0.304 e. The van der Waals surface area contributed by atoms with Gasteiger partial charge in [-0.2, -0.15) is 0 Å². The molecule has 5 aliphatic rings. The van der Waals surface area contributed by atoms with Crippen molar-refractivity contribution in [3.63, 3.8) is 0 Å². The van der Waals surface area contributed by atoms with Crippen LogP contribution in [0.5, 0.6) is 11.5 Å². The first kappa shape index (κ1) is 43.0. The fourth-order valence-electron chi connectivity index (χ4n) is 8.56. The molecule has 0 aromatic heterocycles. The highest BCUT2D eigenvalue weighted by molar-refractivity contribution is 6.21. The Bertz CT molecular complexity index is 2510. The normalized spacial score (nSPS) is 24.1. The van der Waals surface area contributed by atoms with Gasteiger partial charge in [-0.05, 0) is 95.6 Å². The summed E-state index contributed by atoms with van der Waals surface area (Å²) in [5.41, 5.74) is -0.126. The van der Waals surface area contributed by atoms with Crippen LogP contribution in [-0.2, 0) is 19.1 Å². The minimum Gasteiger partial charge on any atom is -0.507 e. The Hall–Kier alpha value is -6.09. The number of benzene rings is 3. The van der Waals surface area contributed by atoms with Gasteiger partial charge in [-0.15, -0.1) is 4.91 Å². The van der Waals surface area contributed by atoms with Crippen LogP contribution in [0.25, 0.3) is 33.3 Å². The van der Waals surface area contributed by atoms with Gasteiger partial charge in [0.05, 0.1) is 17.2 Å². The number of amides is 1. The number of aromatic hydroxyl groups is 1. The molecule has 7 rings (SSSR count). The number of aromatic nitrogens is 1. The first-order valence-electron chi connectivity index (χ1n) is 20.9. The summed E-state index contributed by atoms with van der Waals surface area (Å²) < 4.78 is 24.0. The number of Topliss-reactive ketones (excluding diaryl/α,β-unsaturated/α-hetero) is 1. The van der Waals surface area contributed by atoms with Gasteiger partial charge in [0.2, 0.25) is 11.2 Å². The molecule has 4 aliphatic heterocycles. The molecule has 2 N–H and O–H groups in total. The summed E-state index contributed by atoms with van der Waals surface area (Å²) in [6.45, 7) is 10.1. The standard InChI is InChI=1S/C46H53N5O10/c1-24-12-10-14-25(2)32(59-28(5)52)16-8-9-21-58-46-42(55)36-34-35(40(53)27(4)43(36)61-46)41(54)39(48-45(56)26(3)15-11-13-24)44-38(34)47-37-31(49-57)22-30(23-33(37)60-44)51-19-17-29(18-20-51)50(6)7/h9,11,13,15,21-25,29,32,46,53H,8,10,12,14,16-20H2,1-7H3,(H,48,56)/b13-11+,21-9+,26-15-/t24-,25-,32-,46+/m1/s1. The van der Waals surface area contributed by atoms with Crippen molar-refractivity contribution in [2.75, 3.05) is 37.4 Å². The van der Waals surface area contributed by atoms with E-state index in [1.165, 1.54) is 20.1 Å². The fourth-order valence-corrected chi connectivity index (χ4v) is 8.56. The van der Waals surface area contributed by atoms with Gasteiger partial charge in [-0.1, -0.05) is 38.5 Å². The highest BCUT2D eigenvalue weighted by Gasteiger charge is 2.42. The van der Waals surface area contributed by atoms with Crippen LogP contribution in [0.3, 0.4) is 0 Å². The number of phenolic OH excluding ortho intramolecular Hbond substituents is 1. The molecule has 322 valence electrons. The number of phenols is 1. The van der Waals surface area contributed by atoms with Gasteiger partial charge in [-0.25, -0.2) is 4.98 Å². The van der Waals surface area contributed by atoms with Crippen molar-refractivity contribution in [3.8, 4) is 23.0 Å². The van der Waals surface area contributed by atoms with E-state index in [4.69, 9.17) is 23.6 Å². The number of rotatable bonds is 4. The van der Waals surface area contributed by atoms with Crippen LogP contribution in [0.1, 0.15) is 88.6 Å². The number of ether oxygens (including phenoxy) is 3. The van der Waals surface area contributed by atoms with Crippen molar-refractivity contribution < 1.29 is 38.1 Å². The van der Waals surface area contributed by atoms with E-state index in [0.29, 0.717) is 37.7 Å². The number of nitrogens with one attached hydrogen (secondary N) is 1. The van der Waals surface area contributed by atoms with E-state index in [9.17, 15) is 29.2 Å². The Morgan fingerprint density at radius 3 is 2.51 bits per heavy atom. The molecule has 0 saturated carbocycles. The van der Waals surface area contributed by atoms with Crippen molar-refractivity contribution in [3.05, 3.63) is 74.5 Å². The predicted octanol–water partition coefficient (Wildman–Crippen LogP) is 8.43. The lowest BCUT2D eigenvalue weighted by molar-refractivity contribution is -0.149. The molecule has 4 heterocycles. The van der Waals surface area contributed by atoms with Gasteiger partial charge in [0.25, 0.3) is 5.91 Å². The highest BCUT2D eigenvalue weighted by atomic mass is 16.7. The minimum atomic E-state index is -1.49. The SMILES string of the molecule is CC(=O)O[C@@H]1CC/C=C/O[C@H]2Oc3c(C)c(O)c4c(=O)c(c5oc6cc(N7CCC(N(C)C)CC7)cc(N=O)c6nc-5c4c3C2=O)NC(=O)/C(C)=C\C=C\[C@H](C)CCC[C@H]1C. The second-order valence-corrected chi connectivity index (χ2v) is 16.7. The third-order valence-electron chi connectivity index (χ3n) is 12.2. The summed E-state index contributed by atoms with van der Waals surface area (Å²) in [4.78, 5) is 76.5. The first-order valence-corrected chi connectivity index (χ1v) is 20.9. The molecule has 61 heavy (non-hydrogen) atoms. The minimum absolute atomic E-state index is 0.0212. The average molecular weight is 836 g/mol. The Kier molecular flexibility index (Phi) is 12.6. The first-order chi connectivity index (χ1) is 29.2. The number of fused-ring (bicyclic) bond motifs is 2. The topological polar surface area (TPSA) is 190 Å². The number of nitroso groups, excluding NO2 is 1. The summed E-state index contributed by atoms with van der Waals surface area (Å²) in [5, 5.41) is 17.3. The van der Waals surface area contributed by atoms with Crippen molar-refractivity contribution >= 4 is 56.6 Å². The van der Waals surface area contributed by atoms with Gasteiger partial charge < -0.3 is 38.9 Å². The molecule has 0 spiro atoms. The van der Waals surface area contributed by atoms with Crippen LogP contribution in [0.2, 0.25) is 0 Å². The quantitative estimate of drug-likeness (QED) is 0.0863. The van der Waals surface area contributed by atoms with Crippen LogP contribution >= 0.6 is 0 Å². The maximum atomic E-state index is 14.7. The molecule has 0 radical (unpaired) electrons. The smallest absolute Gasteiger partial charge is 0.304 e. The van der Waals surface area contributed by atoms with Gasteiger partial charge >= 0.3 is 12.3 Å². The van der Waals surface area contributed by atoms with Crippen LogP contribution < -0.4 is 20.4 Å². The second-order valence-electron chi connectivity index (χ2n) is 16.7. The van der Waals surface area contributed by atoms with Gasteiger partial charge in [0.15, 0.2) is 11.3 Å². The van der Waals surface area contributed by atoms with Gasteiger partial charge in [0, 0.05) is 54.3 Å². The molecule has 0 unspecified atom stereocenters. The lowest BCUT2D eigenvalue weighted by atomic mass is 9.92. The maximum absolute atomic E-state index is 14.7. The van der Waals surface area contributed by atoms with E-state index >= 15 is 0 Å². The number of carbonyl (C=O) groups excluding carboxylic acids is 3. The largest absolute Gasteiger partial charge is 0.507 e. The lowest BCUT2D eigenvalue weighted by Gasteiger charge is -2.36. The summed E-state index contributed by atoms with van der Waals surface area (Å²) in [6.07, 6.45) is 12.1. The summed E-state index contributed by atoms with van der Waals surface area (Å²) in [7, 11) is 4.10. The number of nitrogens with zero attached hydrogens (tertiary/aromatic N) is 4. The molecule has 4 atom stereocenters. The number of ketones is 1. The van der Waals surface area contributed by atoms with Crippen molar-refractivity contribution in [2.45, 2.75) is 98.0 Å². The van der Waals surface area contributed by atoms with E-state index in [-0.39, 0.29) is 91.1 Å². The molecule has 1 amide bonds. The molecular formula is C46H53N5O10. The summed E-state index contributed by atoms with van der Waals surface area (Å²) in [6, 6.07) is 3.75. The van der Waals surface area contributed by atoms with Gasteiger partial charge in [0.1, 0.15) is 40.2 Å². The zero-order valence-electron chi connectivity index (χ0n) is 35.7. The number of allylic oxidation sites excluding steroid dienone is 4. The van der Waals surface area contributed by atoms with Crippen molar-refractivity contribution in [1.29, 1.82) is 0 Å². The van der Waals surface area contributed by atoms with E-state index in [1.807, 2.05) is 20.2 Å². The Labute approximate surface area is 353 Å². The monoisotopic (exact) mass is 835 g/mol. The molecule has 1 saturated heterocycles. The zero-order valence-corrected chi connectivity index (χ0v) is 35.7. The molecular weight excluding hydrogens is 783 g/mol. The fraction of sp³-hybridized carbons (Fsp3) is 0.457. The molecule has 15 heteroatoms. The third kappa shape index (κ3) is 8.61. The molecule has 2 aromatic carbocycles. The molecule has 15 nitrogen and oxygen atoms in total. The summed E-state index contributed by atoms with van der Waals surface area (Å²) in [5.74, 6) is -2.05. The average Bonchev–Trinajstić information content (AvgIpc) is 3.56. The molecule has 4 bridgehead atoms. The van der Waals surface area contributed by atoms with Crippen molar-refractivity contribution in [2.24, 2.45) is 17.0 Å². The molecule has 2 aromatic rings. The third-order valence-corrected chi connectivity index (χ3v) is 12.2. The van der Waals surface area contributed by atoms with E-state index in [1.54, 1.807) is 37.3 Å². The van der Waals surface area contributed by atoms with Crippen LogP contribution in [-0.4, -0.2) is 78.3 Å². The lowest BCUT2D eigenvalue weighted by Crippen LogP contribution is -2.41. The summed E-state index contributed by atoms with van der Waals surface area (Å²) >= 11 is 0. The number of anilines is 2. The highest BCUT2D eigenvalue weighted by Crippen LogP contribution is 2.49. The number of hydrogen-bond donors (Lipinski definition) is 2. The number of carbonyl (C=O) groups is 3. The Balaban J connectivity index is 1.40. The molecule has 1 aliphatic carbocycles. The number of piperidine rings is 1. The number of esters is 1. The van der Waals surface area contributed by atoms with Crippen LogP contribution in [0.15, 0.2) is 62.7 Å². The second kappa shape index (κ2) is 17.9. The number of hydrogen-bond acceptors (Lipinski definition) is 14.